The molecule has 0 aromatic heterocycles. The summed E-state index contributed by atoms with van der Waals surface area (Å²) in [5.74, 6) is -3.35. The van der Waals surface area contributed by atoms with E-state index in [0.29, 0.717) is 30.4 Å². The molecular formula is C28H39NO9. The number of rotatable bonds is 9. The van der Waals surface area contributed by atoms with Gasteiger partial charge in [0.25, 0.3) is 0 Å². The lowest BCUT2D eigenvalue weighted by molar-refractivity contribution is -0.169. The van der Waals surface area contributed by atoms with E-state index in [2.05, 4.69) is 5.32 Å². The fourth-order valence-corrected chi connectivity index (χ4v) is 6.83. The van der Waals surface area contributed by atoms with E-state index in [4.69, 9.17) is 14.2 Å². The van der Waals surface area contributed by atoms with Gasteiger partial charge in [0.1, 0.15) is 24.0 Å². The highest BCUT2D eigenvalue weighted by atomic mass is 16.6. The second-order valence-corrected chi connectivity index (χ2v) is 11.0. The monoisotopic (exact) mass is 533 g/mol. The van der Waals surface area contributed by atoms with Gasteiger partial charge in [-0.2, -0.15) is 0 Å². The number of allylic oxidation sites excluding steroid dienone is 1. The molecule has 0 bridgehead atoms. The summed E-state index contributed by atoms with van der Waals surface area (Å²) in [6, 6.07) is -0.962. The molecule has 7 atom stereocenters. The summed E-state index contributed by atoms with van der Waals surface area (Å²) in [5.41, 5.74) is -0.699. The number of aliphatic carboxylic acids is 1. The molecule has 0 spiro atoms. The van der Waals surface area contributed by atoms with Gasteiger partial charge in [-0.25, -0.2) is 4.79 Å². The molecule has 1 aliphatic heterocycles. The van der Waals surface area contributed by atoms with E-state index >= 15 is 0 Å². The number of ether oxygens (including phenoxy) is 3. The Morgan fingerprint density at radius 3 is 2.42 bits per heavy atom. The van der Waals surface area contributed by atoms with Crippen LogP contribution in [-0.4, -0.2) is 66.5 Å². The first kappa shape index (κ1) is 29.5. The number of methoxy groups -OCH3 is 1. The zero-order valence-corrected chi connectivity index (χ0v) is 23.2. The van der Waals surface area contributed by atoms with E-state index in [1.54, 1.807) is 0 Å². The zero-order chi connectivity index (χ0) is 28.6. The summed E-state index contributed by atoms with van der Waals surface area (Å²) in [6.45, 7) is 9.80. The van der Waals surface area contributed by atoms with Crippen LogP contribution in [0.4, 0.5) is 0 Å². The van der Waals surface area contributed by atoms with Crippen molar-refractivity contribution in [2.45, 2.75) is 85.5 Å². The van der Waals surface area contributed by atoms with Crippen molar-refractivity contribution in [3.63, 3.8) is 0 Å². The van der Waals surface area contributed by atoms with Gasteiger partial charge in [-0.3, -0.25) is 19.2 Å². The lowest BCUT2D eigenvalue weighted by Gasteiger charge is -2.53. The Morgan fingerprint density at radius 1 is 1.24 bits per heavy atom. The van der Waals surface area contributed by atoms with Crippen molar-refractivity contribution in [2.75, 3.05) is 13.7 Å². The van der Waals surface area contributed by atoms with Crippen LogP contribution in [0.25, 0.3) is 0 Å². The van der Waals surface area contributed by atoms with Crippen molar-refractivity contribution in [3.05, 3.63) is 22.9 Å². The molecule has 3 rings (SSSR count). The maximum atomic E-state index is 13.4. The summed E-state index contributed by atoms with van der Waals surface area (Å²) in [4.78, 5) is 63.3. The number of fused-ring (bicyclic) bond motifs is 1. The maximum absolute atomic E-state index is 13.4. The average Bonchev–Trinajstić information content (AvgIpc) is 3.12. The number of esters is 2. The summed E-state index contributed by atoms with van der Waals surface area (Å²) < 4.78 is 17.2. The van der Waals surface area contributed by atoms with Crippen molar-refractivity contribution >= 4 is 29.5 Å². The molecule has 0 aromatic rings. The van der Waals surface area contributed by atoms with Gasteiger partial charge in [0.2, 0.25) is 0 Å². The molecule has 38 heavy (non-hydrogen) atoms. The predicted molar refractivity (Wildman–Crippen MR) is 136 cm³/mol. The number of ketones is 2. The second-order valence-electron chi connectivity index (χ2n) is 11.0. The number of carbonyl (C=O) groups excluding carboxylic acids is 4. The molecule has 2 N–H and O–H groups in total. The van der Waals surface area contributed by atoms with Gasteiger partial charge in [-0.1, -0.05) is 20.8 Å². The van der Waals surface area contributed by atoms with E-state index in [0.717, 1.165) is 0 Å². The molecule has 0 aromatic carbocycles. The molecule has 1 saturated heterocycles. The molecule has 1 saturated carbocycles. The van der Waals surface area contributed by atoms with Crippen molar-refractivity contribution in [1.29, 1.82) is 0 Å². The fourth-order valence-electron chi connectivity index (χ4n) is 6.83. The summed E-state index contributed by atoms with van der Waals surface area (Å²) in [7, 11) is 1.48. The molecule has 3 aliphatic rings. The number of cyclic esters (lactones) is 1. The van der Waals surface area contributed by atoms with Crippen LogP contribution in [0.2, 0.25) is 0 Å². The highest BCUT2D eigenvalue weighted by molar-refractivity contribution is 5.99. The predicted octanol–water partition coefficient (Wildman–Crippen LogP) is 2.74. The van der Waals surface area contributed by atoms with Crippen LogP contribution in [0.15, 0.2) is 22.9 Å². The molecule has 1 heterocycles. The standard InChI is InChI=1S/C28H39NO9/c1-8-18-17(12-29-14(2)25(33)34)26(35)38-22(13-36-7)28(18,6)24-20(37-16(4)31)11-27(5)19(9-10-21(27)32)23(24)15(3)30/h12,14,18-20,22,29H,8-11,13H2,1-7H3,(H,33,34)/b17-12-/t14?,18?,19?,20?,22?,27-,28+/m0/s1. The lowest BCUT2D eigenvalue weighted by Crippen LogP contribution is -2.57. The number of carboxylic acid groups (broad SMARTS) is 1. The molecule has 210 valence electrons. The minimum absolute atomic E-state index is 0.0211. The second kappa shape index (κ2) is 11.0. The minimum Gasteiger partial charge on any atom is -0.480 e. The van der Waals surface area contributed by atoms with Crippen molar-refractivity contribution in [1.82, 2.24) is 5.32 Å². The Balaban J connectivity index is 2.33. The molecule has 0 radical (unpaired) electrons. The highest BCUT2D eigenvalue weighted by Gasteiger charge is 2.61. The van der Waals surface area contributed by atoms with Gasteiger partial charge >= 0.3 is 17.9 Å². The van der Waals surface area contributed by atoms with E-state index in [-0.39, 0.29) is 36.1 Å². The smallest absolute Gasteiger partial charge is 0.336 e. The Kier molecular flexibility index (Phi) is 8.55. The van der Waals surface area contributed by atoms with Crippen LogP contribution in [0, 0.1) is 22.7 Å². The summed E-state index contributed by atoms with van der Waals surface area (Å²) in [6.07, 6.45) is 1.13. The molecule has 10 nitrogen and oxygen atoms in total. The normalized spacial score (nSPS) is 35.0. The molecule has 5 unspecified atom stereocenters. The third-order valence-electron chi connectivity index (χ3n) is 8.74. The SMILES string of the molecule is CCC1/C(=C/NC(C)C(=O)O)C(=O)OC(COC)[C@]1(C)C1=C(C(C)=O)C2CCC(=O)[C@@]2(C)CC1OC(C)=O. The number of carbonyl (C=O) groups is 5. The van der Waals surface area contributed by atoms with E-state index in [1.165, 1.54) is 34.1 Å². The minimum atomic E-state index is -1.09. The number of Topliss-reactive ketones (excluding diaryl/α,β-unsaturated/α-hetero) is 2. The average molecular weight is 534 g/mol. The Hall–Kier alpha value is -3.01. The number of nitrogens with one attached hydrogen (secondary N) is 1. The van der Waals surface area contributed by atoms with Crippen molar-refractivity contribution in [2.24, 2.45) is 22.7 Å². The van der Waals surface area contributed by atoms with E-state index < -0.39 is 52.9 Å². The van der Waals surface area contributed by atoms with Gasteiger partial charge < -0.3 is 24.6 Å². The van der Waals surface area contributed by atoms with Crippen LogP contribution in [-0.2, 0) is 38.2 Å². The molecule has 10 heteroatoms. The van der Waals surface area contributed by atoms with Gasteiger partial charge in [0.15, 0.2) is 5.78 Å². The number of hydrogen-bond donors (Lipinski definition) is 2. The Morgan fingerprint density at radius 2 is 1.89 bits per heavy atom. The van der Waals surface area contributed by atoms with Crippen LogP contribution in [0.3, 0.4) is 0 Å². The summed E-state index contributed by atoms with van der Waals surface area (Å²) in [5, 5.41) is 12.1. The molecular weight excluding hydrogens is 494 g/mol. The zero-order valence-electron chi connectivity index (χ0n) is 23.2. The number of carboxylic acids is 1. The van der Waals surface area contributed by atoms with Crippen LogP contribution >= 0.6 is 0 Å². The first-order valence-electron chi connectivity index (χ1n) is 13.1. The van der Waals surface area contributed by atoms with Crippen LogP contribution < -0.4 is 5.32 Å². The summed E-state index contributed by atoms with van der Waals surface area (Å²) >= 11 is 0. The quantitative estimate of drug-likeness (QED) is 0.335. The van der Waals surface area contributed by atoms with Gasteiger partial charge in [0, 0.05) is 61.3 Å². The Labute approximate surface area is 223 Å². The van der Waals surface area contributed by atoms with Crippen LogP contribution in [0.5, 0.6) is 0 Å². The molecule has 2 aliphatic carbocycles. The van der Waals surface area contributed by atoms with E-state index in [1.807, 2.05) is 20.8 Å². The fraction of sp³-hybridized carbons (Fsp3) is 0.679. The van der Waals surface area contributed by atoms with Crippen molar-refractivity contribution in [3.8, 4) is 0 Å². The van der Waals surface area contributed by atoms with Gasteiger partial charge in [0.05, 0.1) is 12.2 Å². The van der Waals surface area contributed by atoms with Crippen molar-refractivity contribution < 1.29 is 43.3 Å². The third kappa shape index (κ3) is 4.90. The van der Waals surface area contributed by atoms with Gasteiger partial charge in [-0.15, -0.1) is 0 Å². The van der Waals surface area contributed by atoms with Gasteiger partial charge in [-0.05, 0) is 32.3 Å². The van der Waals surface area contributed by atoms with Crippen LogP contribution in [0.1, 0.15) is 67.2 Å². The highest BCUT2D eigenvalue weighted by Crippen LogP contribution is 2.60. The first-order valence-corrected chi connectivity index (χ1v) is 13.1. The maximum Gasteiger partial charge on any atom is 0.336 e. The van der Waals surface area contributed by atoms with E-state index in [9.17, 15) is 29.1 Å². The largest absolute Gasteiger partial charge is 0.480 e. The molecule has 2 fully saturated rings. The topological polar surface area (TPSA) is 145 Å². The third-order valence-corrected chi connectivity index (χ3v) is 8.74. The first-order chi connectivity index (χ1) is 17.7. The Bertz CT molecular complexity index is 1090. The lowest BCUT2D eigenvalue weighted by atomic mass is 9.54. The number of hydrogen-bond acceptors (Lipinski definition) is 9. The molecule has 0 amide bonds.